The summed E-state index contributed by atoms with van der Waals surface area (Å²) in [6.45, 7) is 10.6. The van der Waals surface area contributed by atoms with Gasteiger partial charge in [0.2, 0.25) is 21.8 Å². The van der Waals surface area contributed by atoms with Gasteiger partial charge in [-0.15, -0.1) is 17.2 Å². The van der Waals surface area contributed by atoms with Crippen molar-refractivity contribution in [2.24, 2.45) is 23.7 Å². The van der Waals surface area contributed by atoms with Gasteiger partial charge < -0.3 is 15.3 Å². The fourth-order valence-corrected chi connectivity index (χ4v) is 7.35. The van der Waals surface area contributed by atoms with Crippen LogP contribution in [0.2, 0.25) is 0 Å². The number of hydrogen-bond acceptors (Lipinski definition) is 6. The van der Waals surface area contributed by atoms with Crippen molar-refractivity contribution in [3.63, 3.8) is 0 Å². The number of terminal acetylenes is 1. The highest BCUT2D eigenvalue weighted by molar-refractivity contribution is 7.90. The molecule has 2 saturated carbocycles. The number of hydrogen-bond donors (Lipinski definition) is 3. The molecule has 0 saturated heterocycles. The van der Waals surface area contributed by atoms with Crippen molar-refractivity contribution in [1.29, 1.82) is 0 Å². The number of sulfonamides is 1. The summed E-state index contributed by atoms with van der Waals surface area (Å²) in [6, 6.07) is -0.885. The second-order valence-electron chi connectivity index (χ2n) is 13.5. The summed E-state index contributed by atoms with van der Waals surface area (Å²) in [5.74, 6) is 0.756. The van der Waals surface area contributed by atoms with Gasteiger partial charge in [-0.2, -0.15) is 0 Å². The molecule has 2 aliphatic carbocycles. The number of aliphatic hydroxyl groups is 1. The Bertz CT molecular complexity index is 1060. The highest BCUT2D eigenvalue weighted by Crippen LogP contribution is 2.36. The van der Waals surface area contributed by atoms with Crippen LogP contribution in [0, 0.1) is 36.0 Å². The van der Waals surface area contributed by atoms with Crippen LogP contribution >= 0.6 is 0 Å². The molecule has 0 aromatic carbocycles. The molecule has 9 nitrogen and oxygen atoms in total. The van der Waals surface area contributed by atoms with Gasteiger partial charge >= 0.3 is 0 Å². The van der Waals surface area contributed by atoms with Crippen molar-refractivity contribution < 1.29 is 31.9 Å². The van der Waals surface area contributed by atoms with Crippen LogP contribution < -0.4 is 10.1 Å². The lowest BCUT2D eigenvalue weighted by Gasteiger charge is -2.37. The van der Waals surface area contributed by atoms with Crippen molar-refractivity contribution in [2.75, 3.05) is 26.2 Å². The standard InChI is InChI=1S/C33H58F2N4O5S/c1-7-11-14-39(37-45(43,44)23(5)6)22-31(40)30(19-25-17-28(34)21-29(35)18-25)36-32(41)26-15-24(10-4)16-27(20-26)33(42)38(12-8-2)13-9-3/h4,23-31,37,40H,7-9,11-22H2,1-3,5-6H3,(H,36,41). The van der Waals surface area contributed by atoms with E-state index in [1.165, 1.54) is 5.01 Å². The highest BCUT2D eigenvalue weighted by atomic mass is 32.2. The Balaban J connectivity index is 2.29. The van der Waals surface area contributed by atoms with E-state index in [4.69, 9.17) is 6.42 Å². The predicted molar refractivity (Wildman–Crippen MR) is 174 cm³/mol. The van der Waals surface area contributed by atoms with Gasteiger partial charge in [0, 0.05) is 50.4 Å². The molecule has 0 heterocycles. The average Bonchev–Trinajstić information content (AvgIpc) is 2.97. The van der Waals surface area contributed by atoms with E-state index in [0.717, 1.165) is 19.3 Å². The van der Waals surface area contributed by atoms with Crippen molar-refractivity contribution in [3.05, 3.63) is 0 Å². The Labute approximate surface area is 270 Å². The Morgan fingerprint density at radius 3 is 2.07 bits per heavy atom. The second-order valence-corrected chi connectivity index (χ2v) is 15.7. The molecule has 0 aromatic heterocycles. The summed E-state index contributed by atoms with van der Waals surface area (Å²) in [6.07, 6.45) is 6.55. The molecule has 260 valence electrons. The monoisotopic (exact) mass is 660 g/mol. The number of halogens is 2. The quantitative estimate of drug-likeness (QED) is 0.149. The number of hydrazine groups is 1. The molecule has 3 N–H and O–H groups in total. The number of rotatable bonds is 18. The van der Waals surface area contributed by atoms with Gasteiger partial charge in [-0.3, -0.25) is 9.59 Å². The SMILES string of the molecule is C#CC1CC(C(=O)NC(CC2CC(F)CC(F)C2)C(O)CN(CCCC)NS(=O)(=O)C(C)C)CC(C(=O)N(CCC)CCC)C1. The molecular weight excluding hydrogens is 602 g/mol. The first-order valence-electron chi connectivity index (χ1n) is 17.0. The number of nitrogens with zero attached hydrogens (tertiary/aromatic N) is 2. The van der Waals surface area contributed by atoms with E-state index < -0.39 is 57.5 Å². The van der Waals surface area contributed by atoms with Crippen LogP contribution in [0.15, 0.2) is 0 Å². The van der Waals surface area contributed by atoms with E-state index in [2.05, 4.69) is 16.1 Å². The lowest BCUT2D eigenvalue weighted by molar-refractivity contribution is -0.139. The summed E-state index contributed by atoms with van der Waals surface area (Å²) >= 11 is 0. The minimum atomic E-state index is -3.70. The number of unbranched alkanes of at least 4 members (excludes halogenated alkanes) is 1. The normalized spacial score (nSPS) is 27.1. The van der Waals surface area contributed by atoms with Crippen LogP contribution in [0.25, 0.3) is 0 Å². The molecule has 0 bridgehead atoms. The molecule has 2 amide bonds. The van der Waals surface area contributed by atoms with Gasteiger partial charge in [-0.05, 0) is 77.6 Å². The first kappa shape index (κ1) is 39.4. The van der Waals surface area contributed by atoms with E-state index in [1.54, 1.807) is 13.8 Å². The first-order valence-corrected chi connectivity index (χ1v) is 18.6. The van der Waals surface area contributed by atoms with E-state index in [9.17, 15) is 31.9 Å². The summed E-state index contributed by atoms with van der Waals surface area (Å²) in [5, 5.41) is 15.2. The van der Waals surface area contributed by atoms with Gasteiger partial charge in [0.05, 0.1) is 17.4 Å². The molecule has 0 aromatic rings. The van der Waals surface area contributed by atoms with Crippen LogP contribution in [0.3, 0.4) is 0 Å². The number of carbonyl (C=O) groups excluding carboxylic acids is 2. The fourth-order valence-electron chi connectivity index (χ4n) is 6.62. The number of amides is 2. The van der Waals surface area contributed by atoms with Crippen molar-refractivity contribution in [1.82, 2.24) is 20.1 Å². The van der Waals surface area contributed by atoms with E-state index in [-0.39, 0.29) is 50.0 Å². The Morgan fingerprint density at radius 1 is 0.933 bits per heavy atom. The van der Waals surface area contributed by atoms with Gasteiger partial charge in [0.25, 0.3) is 0 Å². The topological polar surface area (TPSA) is 119 Å². The molecule has 2 fully saturated rings. The molecule has 7 unspecified atom stereocenters. The summed E-state index contributed by atoms with van der Waals surface area (Å²) < 4.78 is 54.0. The molecule has 2 aliphatic rings. The smallest absolute Gasteiger partial charge is 0.226 e. The van der Waals surface area contributed by atoms with Crippen LogP contribution in [-0.4, -0.2) is 91.2 Å². The minimum Gasteiger partial charge on any atom is -0.390 e. The molecule has 45 heavy (non-hydrogen) atoms. The third-order valence-corrected chi connectivity index (χ3v) is 10.9. The van der Waals surface area contributed by atoms with Crippen LogP contribution in [0.4, 0.5) is 8.78 Å². The maximum absolute atomic E-state index is 14.3. The van der Waals surface area contributed by atoms with Gasteiger partial charge in [0.15, 0.2) is 0 Å². The van der Waals surface area contributed by atoms with E-state index in [1.807, 2.05) is 25.7 Å². The van der Waals surface area contributed by atoms with Gasteiger partial charge in [-0.1, -0.05) is 27.2 Å². The third-order valence-electron chi connectivity index (χ3n) is 9.10. The zero-order valence-electron chi connectivity index (χ0n) is 28.0. The number of alkyl halides is 2. The van der Waals surface area contributed by atoms with E-state index in [0.29, 0.717) is 45.3 Å². The lowest BCUT2D eigenvalue weighted by Crippen LogP contribution is -2.55. The minimum absolute atomic E-state index is 0.00205. The van der Waals surface area contributed by atoms with Gasteiger partial charge in [-0.25, -0.2) is 22.2 Å². The van der Waals surface area contributed by atoms with Crippen molar-refractivity contribution in [2.45, 2.75) is 135 Å². The molecule has 0 radical (unpaired) electrons. The lowest BCUT2D eigenvalue weighted by atomic mass is 9.74. The molecule has 0 spiro atoms. The predicted octanol–water partition coefficient (Wildman–Crippen LogP) is 4.36. The number of nitrogens with one attached hydrogen (secondary N) is 2. The molecule has 2 rings (SSSR count). The highest BCUT2D eigenvalue weighted by Gasteiger charge is 2.39. The van der Waals surface area contributed by atoms with Gasteiger partial charge in [0.1, 0.15) is 12.3 Å². The Hall–Kier alpha value is -1.81. The van der Waals surface area contributed by atoms with Crippen molar-refractivity contribution >= 4 is 21.8 Å². The Kier molecular flexibility index (Phi) is 16.7. The molecule has 0 aliphatic heterocycles. The average molecular weight is 661 g/mol. The maximum Gasteiger partial charge on any atom is 0.226 e. The number of carbonyl (C=O) groups is 2. The zero-order valence-corrected chi connectivity index (χ0v) is 28.8. The first-order chi connectivity index (χ1) is 21.2. The van der Waals surface area contributed by atoms with E-state index >= 15 is 0 Å². The molecular formula is C33H58F2N4O5S. The number of aliphatic hydroxyl groups excluding tert-OH is 1. The summed E-state index contributed by atoms with van der Waals surface area (Å²) in [7, 11) is -3.70. The second kappa shape index (κ2) is 19.1. The van der Waals surface area contributed by atoms with Crippen molar-refractivity contribution in [3.8, 4) is 12.3 Å². The molecule has 12 heteroatoms. The fraction of sp³-hybridized carbons (Fsp3) is 0.879. The zero-order chi connectivity index (χ0) is 33.7. The summed E-state index contributed by atoms with van der Waals surface area (Å²) in [4.78, 5) is 31.7. The Morgan fingerprint density at radius 2 is 1.53 bits per heavy atom. The maximum atomic E-state index is 14.3. The largest absolute Gasteiger partial charge is 0.390 e. The third kappa shape index (κ3) is 12.7. The van der Waals surface area contributed by atoms with Crippen LogP contribution in [0.1, 0.15) is 105 Å². The van der Waals surface area contributed by atoms with Crippen LogP contribution in [-0.2, 0) is 19.6 Å². The summed E-state index contributed by atoms with van der Waals surface area (Å²) in [5.41, 5.74) is 0. The molecule has 7 atom stereocenters. The van der Waals surface area contributed by atoms with Crippen LogP contribution in [0.5, 0.6) is 0 Å².